The summed E-state index contributed by atoms with van der Waals surface area (Å²) in [7, 11) is 0. The first kappa shape index (κ1) is 14.1. The number of aromatic carboxylic acids is 1. The second kappa shape index (κ2) is 6.25. The van der Waals surface area contributed by atoms with Gasteiger partial charge in [0.2, 0.25) is 5.91 Å². The third-order valence-electron chi connectivity index (χ3n) is 2.60. The summed E-state index contributed by atoms with van der Waals surface area (Å²) in [5.41, 5.74) is 0.871. The first-order chi connectivity index (χ1) is 9.56. The summed E-state index contributed by atoms with van der Waals surface area (Å²) >= 11 is 1.22. The van der Waals surface area contributed by atoms with Crippen LogP contribution in [0.3, 0.4) is 0 Å². The molecule has 0 saturated carbocycles. The van der Waals surface area contributed by atoms with Crippen LogP contribution >= 0.6 is 11.3 Å². The molecule has 0 aliphatic rings. The van der Waals surface area contributed by atoms with E-state index >= 15 is 0 Å². The Balaban J connectivity index is 1.95. The largest absolute Gasteiger partial charge is 0.476 e. The molecule has 1 atom stereocenters. The highest BCUT2D eigenvalue weighted by atomic mass is 32.1. The molecule has 1 unspecified atom stereocenters. The fraction of sp³-hybridized carbons (Fsp3) is 0.231. The normalized spacial score (nSPS) is 11.8. The van der Waals surface area contributed by atoms with Crippen LogP contribution in [-0.2, 0) is 11.2 Å². The molecule has 0 aliphatic heterocycles. The lowest BCUT2D eigenvalue weighted by molar-refractivity contribution is -0.121. The molecule has 7 heteroatoms. The number of rotatable bonds is 5. The van der Waals surface area contributed by atoms with Crippen molar-refractivity contribution in [3.05, 3.63) is 46.2 Å². The quantitative estimate of drug-likeness (QED) is 0.874. The van der Waals surface area contributed by atoms with Crippen molar-refractivity contribution in [1.29, 1.82) is 0 Å². The Hall–Kier alpha value is -2.28. The second-order valence-corrected chi connectivity index (χ2v) is 5.09. The highest BCUT2D eigenvalue weighted by Gasteiger charge is 2.16. The van der Waals surface area contributed by atoms with E-state index in [0.29, 0.717) is 5.01 Å². The summed E-state index contributed by atoms with van der Waals surface area (Å²) in [6.07, 6.45) is 3.52. The molecule has 0 aromatic carbocycles. The van der Waals surface area contributed by atoms with E-state index in [1.807, 2.05) is 0 Å². The molecule has 6 nitrogen and oxygen atoms in total. The Labute approximate surface area is 119 Å². The van der Waals surface area contributed by atoms with Gasteiger partial charge < -0.3 is 10.4 Å². The number of nitrogens with one attached hydrogen (secondary N) is 1. The molecule has 0 saturated heterocycles. The third-order valence-corrected chi connectivity index (χ3v) is 3.63. The molecule has 0 aliphatic carbocycles. The van der Waals surface area contributed by atoms with Crippen LogP contribution in [0.5, 0.6) is 0 Å². The van der Waals surface area contributed by atoms with Crippen molar-refractivity contribution < 1.29 is 14.7 Å². The number of nitrogens with zero attached hydrogens (tertiary/aromatic N) is 2. The van der Waals surface area contributed by atoms with Crippen LogP contribution in [0.1, 0.15) is 34.0 Å². The van der Waals surface area contributed by atoms with Crippen LogP contribution in [0.25, 0.3) is 0 Å². The van der Waals surface area contributed by atoms with Gasteiger partial charge in [0.1, 0.15) is 5.01 Å². The van der Waals surface area contributed by atoms with Crippen molar-refractivity contribution in [2.24, 2.45) is 0 Å². The summed E-state index contributed by atoms with van der Waals surface area (Å²) < 4.78 is 0. The van der Waals surface area contributed by atoms with Crippen molar-refractivity contribution in [3.8, 4) is 0 Å². The number of carboxylic acid groups (broad SMARTS) is 1. The van der Waals surface area contributed by atoms with E-state index in [1.54, 1.807) is 31.5 Å². The molecule has 2 heterocycles. The first-order valence-corrected chi connectivity index (χ1v) is 6.81. The molecular formula is C13H13N3O3S. The van der Waals surface area contributed by atoms with E-state index < -0.39 is 5.97 Å². The van der Waals surface area contributed by atoms with E-state index in [2.05, 4.69) is 15.3 Å². The van der Waals surface area contributed by atoms with Gasteiger partial charge in [-0.2, -0.15) is 0 Å². The number of carbonyl (C=O) groups is 2. The summed E-state index contributed by atoms with van der Waals surface area (Å²) in [5, 5.41) is 13.6. The predicted molar refractivity (Wildman–Crippen MR) is 73.6 cm³/mol. The molecule has 104 valence electrons. The van der Waals surface area contributed by atoms with Crippen molar-refractivity contribution in [2.75, 3.05) is 0 Å². The van der Waals surface area contributed by atoms with Crippen LogP contribution in [-0.4, -0.2) is 27.0 Å². The molecular weight excluding hydrogens is 278 g/mol. The number of carbonyl (C=O) groups excluding carboxylic acids is 1. The molecule has 2 rings (SSSR count). The van der Waals surface area contributed by atoms with Gasteiger partial charge in [0.25, 0.3) is 0 Å². The smallest absolute Gasteiger partial charge is 0.355 e. The average Bonchev–Trinajstić information content (AvgIpc) is 2.89. The Bertz CT molecular complexity index is 612. The minimum atomic E-state index is -1.07. The van der Waals surface area contributed by atoms with E-state index in [0.717, 1.165) is 5.56 Å². The zero-order valence-corrected chi connectivity index (χ0v) is 11.6. The number of hydrogen-bond acceptors (Lipinski definition) is 5. The SMILES string of the molecule is CC(NC(=O)Cc1ccncc1)c1nc(C(=O)O)cs1. The minimum Gasteiger partial charge on any atom is -0.476 e. The fourth-order valence-corrected chi connectivity index (χ4v) is 2.43. The van der Waals surface area contributed by atoms with Crippen molar-refractivity contribution in [2.45, 2.75) is 19.4 Å². The van der Waals surface area contributed by atoms with Gasteiger partial charge in [-0.25, -0.2) is 9.78 Å². The maximum Gasteiger partial charge on any atom is 0.355 e. The van der Waals surface area contributed by atoms with Gasteiger partial charge >= 0.3 is 5.97 Å². The lowest BCUT2D eigenvalue weighted by Crippen LogP contribution is -2.28. The maximum absolute atomic E-state index is 11.9. The average molecular weight is 291 g/mol. The Morgan fingerprint density at radius 1 is 1.40 bits per heavy atom. The standard InChI is InChI=1S/C13H13N3O3S/c1-8(12-16-10(7-20-12)13(18)19)15-11(17)6-9-2-4-14-5-3-9/h2-5,7-8H,6H2,1H3,(H,15,17)(H,18,19). The van der Waals surface area contributed by atoms with Crippen molar-refractivity contribution in [3.63, 3.8) is 0 Å². The second-order valence-electron chi connectivity index (χ2n) is 4.20. The van der Waals surface area contributed by atoms with Crippen molar-refractivity contribution in [1.82, 2.24) is 15.3 Å². The molecule has 0 radical (unpaired) electrons. The van der Waals surface area contributed by atoms with Crippen LogP contribution in [0, 0.1) is 0 Å². The molecule has 0 fully saturated rings. The van der Waals surface area contributed by atoms with E-state index in [4.69, 9.17) is 5.11 Å². The highest BCUT2D eigenvalue weighted by Crippen LogP contribution is 2.18. The zero-order chi connectivity index (χ0) is 14.5. The first-order valence-electron chi connectivity index (χ1n) is 5.93. The Morgan fingerprint density at radius 2 is 2.10 bits per heavy atom. The molecule has 2 N–H and O–H groups in total. The monoisotopic (exact) mass is 291 g/mol. The van der Waals surface area contributed by atoms with E-state index in [-0.39, 0.29) is 24.1 Å². The highest BCUT2D eigenvalue weighted by molar-refractivity contribution is 7.09. The summed E-state index contributed by atoms with van der Waals surface area (Å²) in [4.78, 5) is 30.5. The molecule has 1 amide bonds. The van der Waals surface area contributed by atoms with Crippen LogP contribution < -0.4 is 5.32 Å². The topological polar surface area (TPSA) is 92.2 Å². The predicted octanol–water partition coefficient (Wildman–Crippen LogP) is 1.66. The molecule has 0 bridgehead atoms. The number of thiazole rings is 1. The van der Waals surface area contributed by atoms with Gasteiger partial charge in [0.05, 0.1) is 12.5 Å². The van der Waals surface area contributed by atoms with Gasteiger partial charge in [-0.3, -0.25) is 9.78 Å². The van der Waals surface area contributed by atoms with Crippen LogP contribution in [0.2, 0.25) is 0 Å². The molecule has 20 heavy (non-hydrogen) atoms. The Kier molecular flexibility index (Phi) is 4.41. The van der Waals surface area contributed by atoms with Crippen LogP contribution in [0.15, 0.2) is 29.9 Å². The number of pyridine rings is 1. The number of carboxylic acids is 1. The number of amides is 1. The molecule has 2 aromatic heterocycles. The fourth-order valence-electron chi connectivity index (χ4n) is 1.63. The summed E-state index contributed by atoms with van der Waals surface area (Å²) in [6, 6.07) is 3.23. The van der Waals surface area contributed by atoms with Gasteiger partial charge in [0.15, 0.2) is 5.69 Å². The zero-order valence-electron chi connectivity index (χ0n) is 10.7. The molecule has 2 aromatic rings. The van der Waals surface area contributed by atoms with Crippen LogP contribution in [0.4, 0.5) is 0 Å². The Morgan fingerprint density at radius 3 is 2.70 bits per heavy atom. The van der Waals surface area contributed by atoms with E-state index in [9.17, 15) is 9.59 Å². The summed E-state index contributed by atoms with van der Waals surface area (Å²) in [6.45, 7) is 1.77. The van der Waals surface area contributed by atoms with Gasteiger partial charge in [-0.15, -0.1) is 11.3 Å². The van der Waals surface area contributed by atoms with E-state index in [1.165, 1.54) is 16.7 Å². The van der Waals surface area contributed by atoms with Crippen molar-refractivity contribution >= 4 is 23.2 Å². The van der Waals surface area contributed by atoms with Gasteiger partial charge in [-0.05, 0) is 24.6 Å². The van der Waals surface area contributed by atoms with Gasteiger partial charge in [0, 0.05) is 17.8 Å². The van der Waals surface area contributed by atoms with Gasteiger partial charge in [-0.1, -0.05) is 0 Å². The third kappa shape index (κ3) is 3.61. The number of aromatic nitrogens is 2. The lowest BCUT2D eigenvalue weighted by Gasteiger charge is -2.11. The maximum atomic E-state index is 11.9. The summed E-state index contributed by atoms with van der Waals surface area (Å²) in [5.74, 6) is -1.21. The number of hydrogen-bond donors (Lipinski definition) is 2. The lowest BCUT2D eigenvalue weighted by atomic mass is 10.2. The minimum absolute atomic E-state index is 0.000215. The molecule has 0 spiro atoms.